The number of hydrogen-bond donors (Lipinski definition) is 1. The average Bonchev–Trinajstić information content (AvgIpc) is 3.13. The summed E-state index contributed by atoms with van der Waals surface area (Å²) in [4.78, 5) is 11.8. The number of carbonyl (C=O) groups excluding carboxylic acids is 1. The number of nitrogens with one attached hydrogen (secondary N) is 1. The summed E-state index contributed by atoms with van der Waals surface area (Å²) in [6, 6.07) is 7.24. The Balaban J connectivity index is 1.77. The second-order valence-electron chi connectivity index (χ2n) is 5.42. The van der Waals surface area contributed by atoms with Crippen molar-refractivity contribution in [3.05, 3.63) is 65.1 Å². The van der Waals surface area contributed by atoms with Crippen LogP contribution in [-0.4, -0.2) is 28.0 Å². The van der Waals surface area contributed by atoms with Gasteiger partial charge < -0.3 is 9.47 Å². The van der Waals surface area contributed by atoms with E-state index in [2.05, 4.69) is 15.4 Å². The molecular formula is C18H14F3N3O3. The maximum atomic E-state index is 14.3. The first-order chi connectivity index (χ1) is 13.0. The fraction of sp³-hybridized carbons (Fsp3) is 0.167. The number of H-pyrrole nitrogens is 1. The van der Waals surface area contributed by atoms with Gasteiger partial charge >= 0.3 is 5.97 Å². The normalized spacial score (nSPS) is 10.7. The Kier molecular flexibility index (Phi) is 5.39. The van der Waals surface area contributed by atoms with E-state index < -0.39 is 23.4 Å². The van der Waals surface area contributed by atoms with Crippen molar-refractivity contribution in [2.75, 3.05) is 6.61 Å². The van der Waals surface area contributed by atoms with E-state index in [1.807, 2.05) is 0 Å². The molecule has 1 heterocycles. The van der Waals surface area contributed by atoms with Crippen LogP contribution in [-0.2, 0) is 11.3 Å². The number of rotatable bonds is 6. The zero-order valence-electron chi connectivity index (χ0n) is 14.1. The standard InChI is InChI=1S/C18H14F3N3O3/c1-2-26-18(25)17-16(22-24-23-17)11-4-6-15(14(21)8-11)27-9-10-3-5-12(19)13(20)7-10/h3-8H,2,9H2,1H3,(H,22,23,24). The summed E-state index contributed by atoms with van der Waals surface area (Å²) >= 11 is 0. The summed E-state index contributed by atoms with van der Waals surface area (Å²) in [6.45, 7) is 1.66. The number of halogens is 3. The van der Waals surface area contributed by atoms with Gasteiger partial charge in [-0.15, -0.1) is 5.10 Å². The predicted molar refractivity (Wildman–Crippen MR) is 88.4 cm³/mol. The smallest absolute Gasteiger partial charge is 0.361 e. The van der Waals surface area contributed by atoms with Crippen LogP contribution in [0.25, 0.3) is 11.3 Å². The molecule has 0 fully saturated rings. The fourth-order valence-electron chi connectivity index (χ4n) is 2.33. The molecule has 27 heavy (non-hydrogen) atoms. The molecule has 0 aliphatic rings. The molecule has 0 saturated carbocycles. The second-order valence-corrected chi connectivity index (χ2v) is 5.42. The third-order valence-corrected chi connectivity index (χ3v) is 3.60. The van der Waals surface area contributed by atoms with Crippen molar-refractivity contribution < 1.29 is 27.4 Å². The van der Waals surface area contributed by atoms with Crippen molar-refractivity contribution in [2.45, 2.75) is 13.5 Å². The minimum absolute atomic E-state index is 0.0632. The molecule has 0 aliphatic heterocycles. The van der Waals surface area contributed by atoms with Crippen molar-refractivity contribution >= 4 is 5.97 Å². The van der Waals surface area contributed by atoms with Gasteiger partial charge in [0.25, 0.3) is 0 Å². The Labute approximate surface area is 151 Å². The van der Waals surface area contributed by atoms with E-state index in [0.29, 0.717) is 11.1 Å². The van der Waals surface area contributed by atoms with E-state index in [0.717, 1.165) is 18.2 Å². The Morgan fingerprint density at radius 1 is 1.04 bits per heavy atom. The fourth-order valence-corrected chi connectivity index (χ4v) is 2.33. The molecular weight excluding hydrogens is 363 g/mol. The molecule has 1 aromatic heterocycles. The van der Waals surface area contributed by atoms with Crippen LogP contribution in [0, 0.1) is 17.5 Å². The van der Waals surface area contributed by atoms with Gasteiger partial charge in [-0.25, -0.2) is 18.0 Å². The van der Waals surface area contributed by atoms with Gasteiger partial charge in [0.1, 0.15) is 12.3 Å². The summed E-state index contributed by atoms with van der Waals surface area (Å²) in [5, 5.41) is 9.88. The molecule has 0 bridgehead atoms. The first kappa shape index (κ1) is 18.4. The molecule has 0 aliphatic carbocycles. The first-order valence-electron chi connectivity index (χ1n) is 7.94. The van der Waals surface area contributed by atoms with Gasteiger partial charge in [0, 0.05) is 5.56 Å². The maximum Gasteiger partial charge on any atom is 0.361 e. The van der Waals surface area contributed by atoms with Crippen LogP contribution in [0.4, 0.5) is 13.2 Å². The Morgan fingerprint density at radius 2 is 1.85 bits per heavy atom. The molecule has 1 N–H and O–H groups in total. The lowest BCUT2D eigenvalue weighted by atomic mass is 10.1. The van der Waals surface area contributed by atoms with Crippen molar-refractivity contribution in [1.29, 1.82) is 0 Å². The van der Waals surface area contributed by atoms with Crippen molar-refractivity contribution in [3.8, 4) is 17.0 Å². The van der Waals surface area contributed by atoms with Crippen LogP contribution in [0.1, 0.15) is 23.0 Å². The van der Waals surface area contributed by atoms with Gasteiger partial charge in [-0.05, 0) is 42.8 Å². The lowest BCUT2D eigenvalue weighted by Gasteiger charge is -2.09. The third-order valence-electron chi connectivity index (χ3n) is 3.60. The van der Waals surface area contributed by atoms with E-state index in [-0.39, 0.29) is 30.4 Å². The molecule has 3 aromatic rings. The van der Waals surface area contributed by atoms with Crippen molar-refractivity contribution in [2.24, 2.45) is 0 Å². The number of carbonyl (C=O) groups is 1. The Bertz CT molecular complexity index is 975. The van der Waals surface area contributed by atoms with Crippen LogP contribution >= 0.6 is 0 Å². The summed E-state index contributed by atoms with van der Waals surface area (Å²) in [7, 11) is 0. The number of benzene rings is 2. The predicted octanol–water partition coefficient (Wildman–Crippen LogP) is 3.64. The second kappa shape index (κ2) is 7.90. The molecule has 0 radical (unpaired) electrons. The highest BCUT2D eigenvalue weighted by Gasteiger charge is 2.20. The molecule has 0 unspecified atom stereocenters. The Morgan fingerprint density at radius 3 is 2.56 bits per heavy atom. The highest BCUT2D eigenvalue weighted by molar-refractivity contribution is 5.93. The molecule has 9 heteroatoms. The van der Waals surface area contributed by atoms with Crippen LogP contribution < -0.4 is 4.74 Å². The van der Waals surface area contributed by atoms with Crippen LogP contribution in [0.2, 0.25) is 0 Å². The summed E-state index contributed by atoms with van der Waals surface area (Å²) in [5.74, 6) is -3.47. The van der Waals surface area contributed by atoms with Gasteiger partial charge in [-0.1, -0.05) is 6.07 Å². The molecule has 140 valence electrons. The topological polar surface area (TPSA) is 77.1 Å². The average molecular weight is 377 g/mol. The van der Waals surface area contributed by atoms with E-state index in [1.165, 1.54) is 18.2 Å². The summed E-state index contributed by atoms with van der Waals surface area (Å²) < 4.78 is 50.6. The zero-order chi connectivity index (χ0) is 19.4. The third kappa shape index (κ3) is 4.08. The first-order valence-corrected chi connectivity index (χ1v) is 7.94. The van der Waals surface area contributed by atoms with Crippen LogP contribution in [0.15, 0.2) is 36.4 Å². The van der Waals surface area contributed by atoms with E-state index in [4.69, 9.17) is 9.47 Å². The summed E-state index contributed by atoms with van der Waals surface area (Å²) in [6.07, 6.45) is 0. The SMILES string of the molecule is CCOC(=O)c1n[nH]nc1-c1ccc(OCc2ccc(F)c(F)c2)c(F)c1. The van der Waals surface area contributed by atoms with Gasteiger partial charge in [0.15, 0.2) is 28.9 Å². The zero-order valence-corrected chi connectivity index (χ0v) is 14.1. The molecule has 0 atom stereocenters. The minimum Gasteiger partial charge on any atom is -0.486 e. The molecule has 6 nitrogen and oxygen atoms in total. The van der Waals surface area contributed by atoms with E-state index >= 15 is 0 Å². The van der Waals surface area contributed by atoms with Gasteiger partial charge in [0.05, 0.1) is 6.61 Å². The monoisotopic (exact) mass is 377 g/mol. The number of aromatic nitrogens is 3. The highest BCUT2D eigenvalue weighted by Crippen LogP contribution is 2.27. The quantitative estimate of drug-likeness (QED) is 0.664. The molecule has 0 spiro atoms. The van der Waals surface area contributed by atoms with Crippen LogP contribution in [0.3, 0.4) is 0 Å². The lowest BCUT2D eigenvalue weighted by molar-refractivity contribution is 0.0520. The molecule has 0 saturated heterocycles. The van der Waals surface area contributed by atoms with E-state index in [1.54, 1.807) is 6.92 Å². The largest absolute Gasteiger partial charge is 0.486 e. The van der Waals surface area contributed by atoms with Gasteiger partial charge in [0.2, 0.25) is 0 Å². The molecule has 0 amide bonds. The maximum absolute atomic E-state index is 14.3. The number of ether oxygens (including phenoxy) is 2. The minimum atomic E-state index is -1.01. The lowest BCUT2D eigenvalue weighted by Crippen LogP contribution is -2.07. The highest BCUT2D eigenvalue weighted by atomic mass is 19.2. The van der Waals surface area contributed by atoms with Gasteiger partial charge in [-0.2, -0.15) is 10.3 Å². The Hall–Kier alpha value is -3.36. The van der Waals surface area contributed by atoms with Crippen molar-refractivity contribution in [3.63, 3.8) is 0 Å². The molecule has 3 rings (SSSR count). The number of esters is 1. The number of hydrogen-bond acceptors (Lipinski definition) is 5. The number of nitrogens with zero attached hydrogens (tertiary/aromatic N) is 2. The summed E-state index contributed by atoms with van der Waals surface area (Å²) in [5.41, 5.74) is 0.717. The van der Waals surface area contributed by atoms with Gasteiger partial charge in [-0.3, -0.25) is 0 Å². The van der Waals surface area contributed by atoms with Crippen LogP contribution in [0.5, 0.6) is 5.75 Å². The molecule has 2 aromatic carbocycles. The van der Waals surface area contributed by atoms with E-state index in [9.17, 15) is 18.0 Å². The van der Waals surface area contributed by atoms with Crippen molar-refractivity contribution in [1.82, 2.24) is 15.4 Å². The number of aromatic amines is 1.